The Kier molecular flexibility index (Phi) is 6.52. The fourth-order valence-corrected chi connectivity index (χ4v) is 2.81. The van der Waals surface area contributed by atoms with E-state index in [-0.39, 0.29) is 24.8 Å². The number of piperazine rings is 1. The van der Waals surface area contributed by atoms with Crippen molar-refractivity contribution in [3.05, 3.63) is 29.8 Å². The maximum Gasteiger partial charge on any atom is 0.337 e. The zero-order chi connectivity index (χ0) is 18.4. The van der Waals surface area contributed by atoms with Gasteiger partial charge in [-0.05, 0) is 25.2 Å². The van der Waals surface area contributed by atoms with Crippen molar-refractivity contribution in [2.24, 2.45) is 0 Å². The minimum Gasteiger partial charge on any atom is -0.465 e. The van der Waals surface area contributed by atoms with E-state index in [1.54, 1.807) is 24.3 Å². The number of carbonyl (C=O) groups excluding carboxylic acids is 3. The first-order valence-electron chi connectivity index (χ1n) is 8.35. The molecule has 0 atom stereocenters. The van der Waals surface area contributed by atoms with Gasteiger partial charge in [0.2, 0.25) is 11.8 Å². The Morgan fingerprint density at radius 3 is 2.44 bits per heavy atom. The molecule has 0 N–H and O–H groups in total. The smallest absolute Gasteiger partial charge is 0.337 e. The Bertz CT molecular complexity index is 639. The predicted octanol–water partition coefficient (Wildman–Crippen LogP) is 0.990. The van der Waals surface area contributed by atoms with E-state index in [1.165, 1.54) is 18.9 Å². The maximum absolute atomic E-state index is 12.4. The SMILES string of the molecule is COC(=O)c1cccc(N(CCC(=O)N2CCN(C)CC2)C(C)=O)c1. The number of hydrogen-bond acceptors (Lipinski definition) is 5. The van der Waals surface area contributed by atoms with Gasteiger partial charge in [0.1, 0.15) is 0 Å². The second-order valence-electron chi connectivity index (χ2n) is 6.15. The van der Waals surface area contributed by atoms with Gasteiger partial charge in [-0.2, -0.15) is 0 Å². The minimum absolute atomic E-state index is 0.0449. The summed E-state index contributed by atoms with van der Waals surface area (Å²) >= 11 is 0. The van der Waals surface area contributed by atoms with E-state index in [0.29, 0.717) is 24.3 Å². The highest BCUT2D eigenvalue weighted by atomic mass is 16.5. The van der Waals surface area contributed by atoms with E-state index in [2.05, 4.69) is 4.90 Å². The van der Waals surface area contributed by atoms with Gasteiger partial charge in [0.05, 0.1) is 12.7 Å². The van der Waals surface area contributed by atoms with Crippen LogP contribution in [0.25, 0.3) is 0 Å². The van der Waals surface area contributed by atoms with Gasteiger partial charge in [0, 0.05) is 51.8 Å². The first kappa shape index (κ1) is 18.9. The molecule has 0 aliphatic carbocycles. The molecular weight excluding hydrogens is 322 g/mol. The molecule has 7 heteroatoms. The lowest BCUT2D eigenvalue weighted by Gasteiger charge is -2.33. The molecule has 1 saturated heterocycles. The summed E-state index contributed by atoms with van der Waals surface area (Å²) in [5.74, 6) is -0.587. The molecule has 2 rings (SSSR count). The van der Waals surface area contributed by atoms with Crippen LogP contribution in [-0.2, 0) is 14.3 Å². The molecule has 1 aromatic carbocycles. The number of hydrogen-bond donors (Lipinski definition) is 0. The largest absolute Gasteiger partial charge is 0.465 e. The van der Waals surface area contributed by atoms with Gasteiger partial charge >= 0.3 is 5.97 Å². The lowest BCUT2D eigenvalue weighted by atomic mass is 10.1. The predicted molar refractivity (Wildman–Crippen MR) is 94.5 cm³/mol. The van der Waals surface area contributed by atoms with Gasteiger partial charge < -0.3 is 19.4 Å². The molecule has 0 aromatic heterocycles. The lowest BCUT2D eigenvalue weighted by Crippen LogP contribution is -2.47. The minimum atomic E-state index is -0.459. The number of nitrogens with zero attached hydrogens (tertiary/aromatic N) is 3. The van der Waals surface area contributed by atoms with Crippen molar-refractivity contribution in [3.63, 3.8) is 0 Å². The molecule has 0 bridgehead atoms. The van der Waals surface area contributed by atoms with Crippen LogP contribution in [0.1, 0.15) is 23.7 Å². The quantitative estimate of drug-likeness (QED) is 0.743. The van der Waals surface area contributed by atoms with Gasteiger partial charge in [-0.1, -0.05) is 6.07 Å². The highest BCUT2D eigenvalue weighted by Gasteiger charge is 2.21. The van der Waals surface area contributed by atoms with Crippen molar-refractivity contribution in [2.75, 3.05) is 51.8 Å². The van der Waals surface area contributed by atoms with Crippen molar-refractivity contribution in [1.29, 1.82) is 0 Å². The van der Waals surface area contributed by atoms with Crippen molar-refractivity contribution in [1.82, 2.24) is 9.80 Å². The first-order chi connectivity index (χ1) is 11.9. The van der Waals surface area contributed by atoms with Crippen molar-refractivity contribution in [3.8, 4) is 0 Å². The van der Waals surface area contributed by atoms with Crippen LogP contribution in [0.3, 0.4) is 0 Å². The van der Waals surface area contributed by atoms with Gasteiger partial charge in [0.25, 0.3) is 0 Å². The topological polar surface area (TPSA) is 70.2 Å². The fourth-order valence-electron chi connectivity index (χ4n) is 2.81. The number of anilines is 1. The summed E-state index contributed by atoms with van der Waals surface area (Å²) in [5, 5.41) is 0. The lowest BCUT2D eigenvalue weighted by molar-refractivity contribution is -0.132. The Morgan fingerprint density at radius 2 is 1.84 bits per heavy atom. The van der Waals surface area contributed by atoms with Crippen LogP contribution in [0.15, 0.2) is 24.3 Å². The molecule has 7 nitrogen and oxygen atoms in total. The third-order valence-electron chi connectivity index (χ3n) is 4.36. The molecule has 2 amide bonds. The van der Waals surface area contributed by atoms with Crippen LogP contribution in [0.2, 0.25) is 0 Å². The number of rotatable bonds is 5. The Balaban J connectivity index is 2.03. The van der Waals surface area contributed by atoms with Crippen LogP contribution in [0.4, 0.5) is 5.69 Å². The van der Waals surface area contributed by atoms with Crippen molar-refractivity contribution >= 4 is 23.5 Å². The molecule has 1 aliphatic heterocycles. The number of esters is 1. The first-order valence-corrected chi connectivity index (χ1v) is 8.35. The van der Waals surface area contributed by atoms with Crippen LogP contribution < -0.4 is 4.90 Å². The average Bonchev–Trinajstić information content (AvgIpc) is 2.61. The Hall–Kier alpha value is -2.41. The normalized spacial score (nSPS) is 14.9. The van der Waals surface area contributed by atoms with E-state index in [1.807, 2.05) is 11.9 Å². The zero-order valence-corrected chi connectivity index (χ0v) is 15.0. The number of likely N-dealkylation sites (N-methyl/N-ethyl adjacent to an activating group) is 1. The monoisotopic (exact) mass is 347 g/mol. The molecule has 1 fully saturated rings. The van der Waals surface area contributed by atoms with Gasteiger partial charge in [-0.15, -0.1) is 0 Å². The summed E-state index contributed by atoms with van der Waals surface area (Å²) in [5.41, 5.74) is 0.957. The van der Waals surface area contributed by atoms with E-state index in [4.69, 9.17) is 4.74 Å². The fraction of sp³-hybridized carbons (Fsp3) is 0.500. The number of benzene rings is 1. The number of carbonyl (C=O) groups is 3. The molecule has 25 heavy (non-hydrogen) atoms. The molecule has 1 heterocycles. The summed E-state index contributed by atoms with van der Waals surface area (Å²) in [6.45, 7) is 4.89. The molecular formula is C18H25N3O4. The molecule has 1 aromatic rings. The summed E-state index contributed by atoms with van der Waals surface area (Å²) in [6, 6.07) is 6.67. The van der Waals surface area contributed by atoms with Gasteiger partial charge in [-0.3, -0.25) is 9.59 Å². The number of methoxy groups -OCH3 is 1. The highest BCUT2D eigenvalue weighted by Crippen LogP contribution is 2.18. The Labute approximate surface area is 148 Å². The molecule has 0 spiro atoms. The van der Waals surface area contributed by atoms with E-state index < -0.39 is 5.97 Å². The van der Waals surface area contributed by atoms with Crippen molar-refractivity contribution < 1.29 is 19.1 Å². The van der Waals surface area contributed by atoms with Crippen LogP contribution in [0, 0.1) is 0 Å². The van der Waals surface area contributed by atoms with E-state index in [9.17, 15) is 14.4 Å². The molecule has 0 saturated carbocycles. The summed E-state index contributed by atoms with van der Waals surface area (Å²) < 4.78 is 4.71. The summed E-state index contributed by atoms with van der Waals surface area (Å²) in [7, 11) is 3.35. The van der Waals surface area contributed by atoms with Gasteiger partial charge in [0.15, 0.2) is 0 Å². The van der Waals surface area contributed by atoms with Crippen LogP contribution in [0.5, 0.6) is 0 Å². The molecule has 0 radical (unpaired) electrons. The highest BCUT2D eigenvalue weighted by molar-refractivity contribution is 5.95. The third kappa shape index (κ3) is 5.03. The van der Waals surface area contributed by atoms with Crippen molar-refractivity contribution in [2.45, 2.75) is 13.3 Å². The van der Waals surface area contributed by atoms with E-state index >= 15 is 0 Å². The zero-order valence-electron chi connectivity index (χ0n) is 15.0. The maximum atomic E-state index is 12.4. The number of amides is 2. The van der Waals surface area contributed by atoms with Crippen LogP contribution in [-0.4, -0.2) is 74.5 Å². The second kappa shape index (κ2) is 8.62. The molecule has 0 unspecified atom stereocenters. The third-order valence-corrected chi connectivity index (χ3v) is 4.36. The summed E-state index contributed by atoms with van der Waals surface area (Å²) in [4.78, 5) is 41.6. The standard InChI is InChI=1S/C18H25N3O4/c1-14(22)21(16-6-4-5-15(13-16)18(24)25-3)8-7-17(23)20-11-9-19(2)10-12-20/h4-6,13H,7-12H2,1-3H3. The van der Waals surface area contributed by atoms with Crippen LogP contribution >= 0.6 is 0 Å². The van der Waals surface area contributed by atoms with Gasteiger partial charge in [-0.25, -0.2) is 4.79 Å². The number of ether oxygens (including phenoxy) is 1. The summed E-state index contributed by atoms with van der Waals surface area (Å²) in [6.07, 6.45) is 0.256. The molecule has 136 valence electrons. The Morgan fingerprint density at radius 1 is 1.16 bits per heavy atom. The second-order valence-corrected chi connectivity index (χ2v) is 6.15. The average molecular weight is 347 g/mol. The van der Waals surface area contributed by atoms with E-state index in [0.717, 1.165) is 13.1 Å². The molecule has 1 aliphatic rings.